The van der Waals surface area contributed by atoms with Crippen molar-refractivity contribution in [1.82, 2.24) is 5.16 Å². The number of ether oxygens (including phenoxy) is 1. The van der Waals surface area contributed by atoms with Crippen molar-refractivity contribution in [3.63, 3.8) is 0 Å². The number of aromatic nitrogens is 1. The Labute approximate surface area is 149 Å². The number of sulfone groups is 1. The molecule has 0 spiro atoms. The summed E-state index contributed by atoms with van der Waals surface area (Å²) >= 11 is 0. The lowest BCUT2D eigenvalue weighted by atomic mass is 9.89. The average molecular weight is 372 g/mol. The first-order valence-corrected chi connectivity index (χ1v) is 10.1. The minimum atomic E-state index is -3.78. The van der Waals surface area contributed by atoms with E-state index in [1.54, 1.807) is 0 Å². The predicted octanol–water partition coefficient (Wildman–Crippen LogP) is 1.91. The van der Waals surface area contributed by atoms with E-state index in [2.05, 4.69) is 5.16 Å². The first kappa shape index (κ1) is 19.9. The summed E-state index contributed by atoms with van der Waals surface area (Å²) in [6, 6.07) is 1.87. The third kappa shape index (κ3) is 4.06. The molecule has 0 aromatic carbocycles. The van der Waals surface area contributed by atoms with E-state index in [-0.39, 0.29) is 17.1 Å². The first-order chi connectivity index (χ1) is 11.4. The van der Waals surface area contributed by atoms with Crippen molar-refractivity contribution < 1.29 is 22.5 Å². The second-order valence-electron chi connectivity index (χ2n) is 8.18. The Kier molecular flexibility index (Phi) is 5.35. The van der Waals surface area contributed by atoms with Gasteiger partial charge in [-0.05, 0) is 26.7 Å². The molecule has 0 aliphatic carbocycles. The summed E-state index contributed by atoms with van der Waals surface area (Å²) in [5.41, 5.74) is 5.92. The highest BCUT2D eigenvalue weighted by atomic mass is 32.2. The number of nitrogens with zero attached hydrogens (tertiary/aromatic N) is 1. The van der Waals surface area contributed by atoms with E-state index in [1.807, 2.05) is 26.8 Å². The van der Waals surface area contributed by atoms with Crippen molar-refractivity contribution >= 4 is 15.7 Å². The molecule has 142 valence electrons. The van der Waals surface area contributed by atoms with Gasteiger partial charge in [0, 0.05) is 24.0 Å². The van der Waals surface area contributed by atoms with E-state index in [0.29, 0.717) is 12.4 Å². The Morgan fingerprint density at radius 2 is 1.96 bits per heavy atom. The molecule has 1 fully saturated rings. The normalized spacial score (nSPS) is 22.8. The van der Waals surface area contributed by atoms with E-state index >= 15 is 0 Å². The minimum absolute atomic E-state index is 0.160. The molecule has 0 radical (unpaired) electrons. The lowest BCUT2D eigenvalue weighted by molar-refractivity contribution is -0.119. The number of primary amides is 1. The molecule has 2 N–H and O–H groups in total. The van der Waals surface area contributed by atoms with Crippen molar-refractivity contribution in [2.75, 3.05) is 12.4 Å². The highest BCUT2D eigenvalue weighted by Gasteiger charge is 2.44. The Balaban J connectivity index is 2.27. The molecule has 1 aliphatic rings. The maximum absolute atomic E-state index is 12.7. The van der Waals surface area contributed by atoms with Gasteiger partial charge in [-0.25, -0.2) is 8.42 Å². The SMILES string of the molecule is CC(C)(C)c1cc(C2CCCOC2CS(=O)(=O)C(C)(C)C(N)=O)on1. The van der Waals surface area contributed by atoms with E-state index in [0.717, 1.165) is 18.5 Å². The molecule has 2 rings (SSSR count). The Bertz CT molecular complexity index is 730. The van der Waals surface area contributed by atoms with Crippen molar-refractivity contribution in [1.29, 1.82) is 0 Å². The van der Waals surface area contributed by atoms with E-state index in [1.165, 1.54) is 13.8 Å². The van der Waals surface area contributed by atoms with E-state index in [4.69, 9.17) is 15.0 Å². The zero-order valence-corrected chi connectivity index (χ0v) is 16.4. The second kappa shape index (κ2) is 6.72. The number of amides is 1. The second-order valence-corrected chi connectivity index (χ2v) is 10.8. The Morgan fingerprint density at radius 3 is 2.48 bits per heavy atom. The van der Waals surface area contributed by atoms with Gasteiger partial charge < -0.3 is 15.0 Å². The van der Waals surface area contributed by atoms with Gasteiger partial charge in [-0.1, -0.05) is 25.9 Å². The van der Waals surface area contributed by atoms with Gasteiger partial charge in [0.05, 0.1) is 17.6 Å². The van der Waals surface area contributed by atoms with E-state index in [9.17, 15) is 13.2 Å². The summed E-state index contributed by atoms with van der Waals surface area (Å²) in [6.07, 6.45) is 0.972. The largest absolute Gasteiger partial charge is 0.376 e. The highest BCUT2D eigenvalue weighted by Crippen LogP contribution is 2.35. The quantitative estimate of drug-likeness (QED) is 0.845. The van der Waals surface area contributed by atoms with Crippen LogP contribution in [0.25, 0.3) is 0 Å². The molecule has 1 aliphatic heterocycles. The van der Waals surface area contributed by atoms with Crippen LogP contribution in [0.1, 0.15) is 64.8 Å². The van der Waals surface area contributed by atoms with Crippen LogP contribution in [0, 0.1) is 0 Å². The number of nitrogens with two attached hydrogens (primary N) is 1. The molecule has 1 amide bonds. The monoisotopic (exact) mass is 372 g/mol. The van der Waals surface area contributed by atoms with Crippen molar-refractivity contribution in [2.45, 2.75) is 69.6 Å². The van der Waals surface area contributed by atoms with Crippen molar-refractivity contribution in [3.05, 3.63) is 17.5 Å². The van der Waals surface area contributed by atoms with Gasteiger partial charge >= 0.3 is 0 Å². The average Bonchev–Trinajstić information content (AvgIpc) is 2.96. The first-order valence-electron chi connectivity index (χ1n) is 8.47. The van der Waals surface area contributed by atoms with Crippen LogP contribution >= 0.6 is 0 Å². The van der Waals surface area contributed by atoms with Crippen molar-refractivity contribution in [2.24, 2.45) is 5.73 Å². The van der Waals surface area contributed by atoms with Gasteiger partial charge in [0.1, 0.15) is 10.5 Å². The van der Waals surface area contributed by atoms with Crippen LogP contribution in [0.3, 0.4) is 0 Å². The number of carbonyl (C=O) groups is 1. The lowest BCUT2D eigenvalue weighted by Gasteiger charge is -2.32. The minimum Gasteiger partial charge on any atom is -0.376 e. The van der Waals surface area contributed by atoms with Gasteiger partial charge in [0.25, 0.3) is 0 Å². The summed E-state index contributed by atoms with van der Waals surface area (Å²) in [6.45, 7) is 9.23. The topological polar surface area (TPSA) is 112 Å². The third-order valence-corrected chi connectivity index (χ3v) is 7.38. The summed E-state index contributed by atoms with van der Waals surface area (Å²) in [5, 5.41) is 4.12. The standard InChI is InChI=1S/C17H28N2O5S/c1-16(2,3)14-9-12(24-19-14)11-7-6-8-23-13(11)10-25(21,22)17(4,5)15(18)20/h9,11,13H,6-8,10H2,1-5H3,(H2,18,20). The van der Waals surface area contributed by atoms with Gasteiger partial charge in [0.2, 0.25) is 5.91 Å². The molecule has 1 aromatic rings. The van der Waals surface area contributed by atoms with Crippen LogP contribution in [0.2, 0.25) is 0 Å². The van der Waals surface area contributed by atoms with Crippen LogP contribution < -0.4 is 5.73 Å². The fraction of sp³-hybridized carbons (Fsp3) is 0.765. The Hall–Kier alpha value is -1.41. The predicted molar refractivity (Wildman–Crippen MR) is 94.0 cm³/mol. The van der Waals surface area contributed by atoms with Crippen LogP contribution in [0.15, 0.2) is 10.6 Å². The maximum atomic E-state index is 12.7. The van der Waals surface area contributed by atoms with Gasteiger partial charge in [-0.15, -0.1) is 0 Å². The lowest BCUT2D eigenvalue weighted by Crippen LogP contribution is -2.49. The summed E-state index contributed by atoms with van der Waals surface area (Å²) in [7, 11) is -3.78. The van der Waals surface area contributed by atoms with Gasteiger partial charge in [-0.3, -0.25) is 4.79 Å². The molecular formula is C17H28N2O5S. The van der Waals surface area contributed by atoms with Crippen LogP contribution in [-0.4, -0.2) is 42.7 Å². The van der Waals surface area contributed by atoms with Crippen LogP contribution in [-0.2, 0) is 24.8 Å². The molecule has 2 heterocycles. The molecule has 2 atom stereocenters. The van der Waals surface area contributed by atoms with Crippen LogP contribution in [0.5, 0.6) is 0 Å². The Morgan fingerprint density at radius 1 is 1.32 bits per heavy atom. The molecule has 8 heteroatoms. The zero-order valence-electron chi connectivity index (χ0n) is 15.5. The number of carbonyl (C=O) groups excluding carboxylic acids is 1. The fourth-order valence-electron chi connectivity index (χ4n) is 2.73. The third-order valence-electron chi connectivity index (χ3n) is 4.86. The molecule has 0 saturated carbocycles. The number of rotatable bonds is 5. The fourth-order valence-corrected chi connectivity index (χ4v) is 4.21. The molecule has 1 saturated heterocycles. The van der Waals surface area contributed by atoms with E-state index < -0.39 is 26.6 Å². The number of hydrogen-bond acceptors (Lipinski definition) is 6. The van der Waals surface area contributed by atoms with Crippen LogP contribution in [0.4, 0.5) is 0 Å². The maximum Gasteiger partial charge on any atom is 0.238 e. The highest BCUT2D eigenvalue weighted by molar-refractivity contribution is 7.93. The molecule has 0 bridgehead atoms. The zero-order chi connectivity index (χ0) is 19.0. The van der Waals surface area contributed by atoms with Crippen molar-refractivity contribution in [3.8, 4) is 0 Å². The summed E-state index contributed by atoms with van der Waals surface area (Å²) in [5.74, 6) is -0.730. The molecule has 2 unspecified atom stereocenters. The molecular weight excluding hydrogens is 344 g/mol. The van der Waals surface area contributed by atoms with Gasteiger partial charge in [0.15, 0.2) is 9.84 Å². The smallest absolute Gasteiger partial charge is 0.238 e. The van der Waals surface area contributed by atoms with Gasteiger partial charge in [-0.2, -0.15) is 0 Å². The molecule has 25 heavy (non-hydrogen) atoms. The molecule has 1 aromatic heterocycles. The summed E-state index contributed by atoms with van der Waals surface area (Å²) < 4.78 is 34.9. The summed E-state index contributed by atoms with van der Waals surface area (Å²) in [4.78, 5) is 11.5. The number of hydrogen-bond donors (Lipinski definition) is 1. The molecule has 7 nitrogen and oxygen atoms in total.